The Bertz CT molecular complexity index is 506. The van der Waals surface area contributed by atoms with Gasteiger partial charge in [0.15, 0.2) is 0 Å². The molecule has 0 spiro atoms. The van der Waals surface area contributed by atoms with Crippen LogP contribution in [0.1, 0.15) is 19.8 Å². The molecule has 1 aromatic carbocycles. The van der Waals surface area contributed by atoms with Crippen molar-refractivity contribution in [2.24, 2.45) is 0 Å². The first kappa shape index (κ1) is 15.5. The van der Waals surface area contributed by atoms with Gasteiger partial charge in [-0.25, -0.2) is 21.9 Å². The van der Waals surface area contributed by atoms with Gasteiger partial charge in [0, 0.05) is 11.4 Å². The van der Waals surface area contributed by atoms with E-state index in [0.29, 0.717) is 12.5 Å². The monoisotopic (exact) mass is 341 g/mol. The van der Waals surface area contributed by atoms with E-state index >= 15 is 0 Å². The average molecular weight is 342 g/mol. The minimum atomic E-state index is -3.99. The summed E-state index contributed by atoms with van der Waals surface area (Å²) < 4.78 is 51.9. The summed E-state index contributed by atoms with van der Waals surface area (Å²) in [5.74, 6) is -1.75. The lowest BCUT2D eigenvalue weighted by molar-refractivity contribution is 0.544. The van der Waals surface area contributed by atoms with Crippen molar-refractivity contribution in [2.75, 3.05) is 6.54 Å². The molecule has 0 saturated heterocycles. The lowest BCUT2D eigenvalue weighted by Gasteiger charge is -2.08. The largest absolute Gasteiger partial charge is 0.243 e. The summed E-state index contributed by atoms with van der Waals surface area (Å²) in [4.78, 5) is -0.373. The van der Waals surface area contributed by atoms with Gasteiger partial charge < -0.3 is 0 Å². The quantitative estimate of drug-likeness (QED) is 0.638. The highest BCUT2D eigenvalue weighted by atomic mass is 79.9. The van der Waals surface area contributed by atoms with E-state index < -0.39 is 26.6 Å². The maximum atomic E-state index is 13.3. The Labute approximate surface area is 114 Å². The van der Waals surface area contributed by atoms with Crippen molar-refractivity contribution in [3.05, 3.63) is 29.8 Å². The fourth-order valence-electron chi connectivity index (χ4n) is 1.35. The molecular weight excluding hydrogens is 328 g/mol. The van der Waals surface area contributed by atoms with Crippen molar-refractivity contribution in [3.63, 3.8) is 0 Å². The second-order valence-corrected chi connectivity index (χ2v) is 7.19. The summed E-state index contributed by atoms with van der Waals surface area (Å²) in [6.45, 7) is 2.13. The lowest BCUT2D eigenvalue weighted by atomic mass is 10.2. The van der Waals surface area contributed by atoms with Crippen molar-refractivity contribution in [2.45, 2.75) is 29.5 Å². The maximum absolute atomic E-state index is 13.3. The predicted octanol–water partition coefficient (Wildman–Crippen LogP) is 2.81. The molecule has 0 aromatic heterocycles. The number of sulfonamides is 1. The zero-order chi connectivity index (χ0) is 13.8. The van der Waals surface area contributed by atoms with Gasteiger partial charge in [-0.2, -0.15) is 0 Å². The topological polar surface area (TPSA) is 46.2 Å². The van der Waals surface area contributed by atoms with Crippen LogP contribution < -0.4 is 4.72 Å². The normalized spacial score (nSPS) is 13.6. The molecule has 0 aliphatic carbocycles. The average Bonchev–Trinajstić information content (AvgIpc) is 2.27. The van der Waals surface area contributed by atoms with Crippen LogP contribution in [0.5, 0.6) is 0 Å². The molecule has 1 N–H and O–H groups in total. The number of nitrogens with one attached hydrogen (secondary N) is 1. The molecule has 0 radical (unpaired) electrons. The zero-order valence-electron chi connectivity index (χ0n) is 9.79. The standard InChI is InChI=1S/C11H14BrF2NO2S/c1-8(12)3-2-6-15-18(16,17)11-7-9(13)4-5-10(11)14/h4-5,7-8,15H,2-3,6H2,1H3. The smallest absolute Gasteiger partial charge is 0.211 e. The van der Waals surface area contributed by atoms with E-state index in [1.54, 1.807) is 0 Å². The van der Waals surface area contributed by atoms with Gasteiger partial charge in [-0.05, 0) is 31.0 Å². The molecule has 0 aliphatic heterocycles. The van der Waals surface area contributed by atoms with Crippen molar-refractivity contribution in [1.29, 1.82) is 0 Å². The summed E-state index contributed by atoms with van der Waals surface area (Å²) in [6, 6.07) is 2.34. The third kappa shape index (κ3) is 4.62. The Morgan fingerprint density at radius 1 is 1.39 bits per heavy atom. The van der Waals surface area contributed by atoms with Crippen LogP contribution in [-0.4, -0.2) is 19.8 Å². The van der Waals surface area contributed by atoms with Crippen molar-refractivity contribution < 1.29 is 17.2 Å². The molecule has 7 heteroatoms. The number of alkyl halides is 1. The summed E-state index contributed by atoms with van der Waals surface area (Å²) in [5, 5.41) is 0. The van der Waals surface area contributed by atoms with E-state index in [-0.39, 0.29) is 11.4 Å². The van der Waals surface area contributed by atoms with E-state index in [9.17, 15) is 17.2 Å². The van der Waals surface area contributed by atoms with E-state index in [1.165, 1.54) is 0 Å². The van der Waals surface area contributed by atoms with Crippen LogP contribution in [-0.2, 0) is 10.0 Å². The number of halogens is 3. The molecule has 0 aliphatic rings. The first-order valence-corrected chi connectivity index (χ1v) is 7.81. The molecule has 0 heterocycles. The Morgan fingerprint density at radius 2 is 2.06 bits per heavy atom. The Morgan fingerprint density at radius 3 is 2.67 bits per heavy atom. The SMILES string of the molecule is CC(Br)CCCNS(=O)(=O)c1cc(F)ccc1F. The van der Waals surface area contributed by atoms with Gasteiger partial charge in [-0.3, -0.25) is 0 Å². The van der Waals surface area contributed by atoms with Crippen LogP contribution >= 0.6 is 15.9 Å². The minimum absolute atomic E-state index is 0.189. The molecule has 1 unspecified atom stereocenters. The van der Waals surface area contributed by atoms with Gasteiger partial charge in [-0.15, -0.1) is 0 Å². The Balaban J connectivity index is 2.71. The van der Waals surface area contributed by atoms with Crippen LogP contribution in [0, 0.1) is 11.6 Å². The minimum Gasteiger partial charge on any atom is -0.211 e. The van der Waals surface area contributed by atoms with Crippen molar-refractivity contribution >= 4 is 26.0 Å². The summed E-state index contributed by atoms with van der Waals surface area (Å²) in [5.41, 5.74) is 0. The molecule has 1 atom stereocenters. The van der Waals surface area contributed by atoms with Gasteiger partial charge in [0.2, 0.25) is 10.0 Å². The molecule has 102 valence electrons. The molecule has 0 amide bonds. The van der Waals surface area contributed by atoms with E-state index in [4.69, 9.17) is 0 Å². The second kappa shape index (κ2) is 6.58. The molecule has 3 nitrogen and oxygen atoms in total. The van der Waals surface area contributed by atoms with E-state index in [2.05, 4.69) is 20.7 Å². The van der Waals surface area contributed by atoms with Gasteiger partial charge in [0.25, 0.3) is 0 Å². The fraction of sp³-hybridized carbons (Fsp3) is 0.455. The molecular formula is C11H14BrF2NO2S. The second-order valence-electron chi connectivity index (χ2n) is 3.90. The summed E-state index contributed by atoms with van der Waals surface area (Å²) in [6.07, 6.45) is 1.40. The molecule has 0 bridgehead atoms. The first-order chi connectivity index (χ1) is 8.33. The Kier molecular flexibility index (Phi) is 5.68. The number of rotatable bonds is 6. The highest BCUT2D eigenvalue weighted by molar-refractivity contribution is 9.09. The molecule has 0 saturated carbocycles. The van der Waals surface area contributed by atoms with Crippen LogP contribution in [0.4, 0.5) is 8.78 Å². The van der Waals surface area contributed by atoms with Gasteiger partial charge >= 0.3 is 0 Å². The van der Waals surface area contributed by atoms with Crippen LogP contribution in [0.25, 0.3) is 0 Å². The van der Waals surface area contributed by atoms with Crippen LogP contribution in [0.15, 0.2) is 23.1 Å². The van der Waals surface area contributed by atoms with Gasteiger partial charge in [0.1, 0.15) is 16.5 Å². The molecule has 1 aromatic rings. The fourth-order valence-corrected chi connectivity index (χ4v) is 2.84. The van der Waals surface area contributed by atoms with E-state index in [0.717, 1.165) is 18.6 Å². The lowest BCUT2D eigenvalue weighted by Crippen LogP contribution is -2.26. The molecule has 0 fully saturated rings. The third-order valence-electron chi connectivity index (χ3n) is 2.25. The van der Waals surface area contributed by atoms with Crippen LogP contribution in [0.3, 0.4) is 0 Å². The van der Waals surface area contributed by atoms with E-state index in [1.807, 2.05) is 6.92 Å². The number of hydrogen-bond donors (Lipinski definition) is 1. The number of benzene rings is 1. The summed E-state index contributed by atoms with van der Waals surface area (Å²) in [7, 11) is -3.99. The third-order valence-corrected chi connectivity index (χ3v) is 4.19. The van der Waals surface area contributed by atoms with Crippen LogP contribution in [0.2, 0.25) is 0 Å². The maximum Gasteiger partial charge on any atom is 0.243 e. The Hall–Kier alpha value is -0.530. The van der Waals surface area contributed by atoms with Gasteiger partial charge in [-0.1, -0.05) is 22.9 Å². The van der Waals surface area contributed by atoms with Gasteiger partial charge in [0.05, 0.1) is 0 Å². The predicted molar refractivity (Wildman–Crippen MR) is 69.2 cm³/mol. The molecule has 1 rings (SSSR count). The highest BCUT2D eigenvalue weighted by Gasteiger charge is 2.19. The first-order valence-electron chi connectivity index (χ1n) is 5.41. The highest BCUT2D eigenvalue weighted by Crippen LogP contribution is 2.15. The number of hydrogen-bond acceptors (Lipinski definition) is 2. The summed E-state index contributed by atoms with van der Waals surface area (Å²) >= 11 is 3.33. The van der Waals surface area contributed by atoms with Crippen molar-refractivity contribution in [3.8, 4) is 0 Å². The zero-order valence-corrected chi connectivity index (χ0v) is 12.2. The van der Waals surface area contributed by atoms with Crippen molar-refractivity contribution in [1.82, 2.24) is 4.72 Å². The molecule has 18 heavy (non-hydrogen) atoms.